The van der Waals surface area contributed by atoms with Crippen molar-refractivity contribution in [2.75, 3.05) is 36.4 Å². The molecule has 2 N–H and O–H groups in total. The van der Waals surface area contributed by atoms with Crippen molar-refractivity contribution in [3.8, 4) is 0 Å². The Balaban J connectivity index is 1.28. The van der Waals surface area contributed by atoms with Gasteiger partial charge in [-0.1, -0.05) is 42.5 Å². The van der Waals surface area contributed by atoms with Crippen LogP contribution in [0.15, 0.2) is 84.0 Å². The number of carbonyl (C=O) groups excluding carboxylic acids is 2. The highest BCUT2D eigenvalue weighted by molar-refractivity contribution is 6.02. The summed E-state index contributed by atoms with van der Waals surface area (Å²) in [6.07, 6.45) is 0. The topological polar surface area (TPSA) is 77.0 Å². The number of rotatable bonds is 7. The second-order valence-corrected chi connectivity index (χ2v) is 8.70. The van der Waals surface area contributed by atoms with Gasteiger partial charge < -0.3 is 10.2 Å². The summed E-state index contributed by atoms with van der Waals surface area (Å²) in [5, 5.41) is 6.98. The average Bonchev–Trinajstić information content (AvgIpc) is 2.88. The third-order valence-corrected chi connectivity index (χ3v) is 6.04. The zero-order valence-electron chi connectivity index (χ0n) is 20.2. The summed E-state index contributed by atoms with van der Waals surface area (Å²) in [5.41, 5.74) is 7.81. The van der Waals surface area contributed by atoms with Gasteiger partial charge >= 0.3 is 0 Å². The molecule has 1 fully saturated rings. The Hall–Kier alpha value is -3.97. The van der Waals surface area contributed by atoms with Crippen LogP contribution < -0.4 is 15.6 Å². The molecule has 2 amide bonds. The van der Waals surface area contributed by atoms with E-state index in [4.69, 9.17) is 0 Å². The van der Waals surface area contributed by atoms with Crippen LogP contribution in [0.5, 0.6) is 0 Å². The Bertz CT molecular complexity index is 1180. The van der Waals surface area contributed by atoms with E-state index in [2.05, 4.69) is 49.9 Å². The van der Waals surface area contributed by atoms with Crippen molar-refractivity contribution in [2.24, 2.45) is 5.10 Å². The fourth-order valence-corrected chi connectivity index (χ4v) is 4.11. The first-order valence-corrected chi connectivity index (χ1v) is 11.8. The van der Waals surface area contributed by atoms with Gasteiger partial charge in [0.15, 0.2) is 0 Å². The summed E-state index contributed by atoms with van der Waals surface area (Å²) in [6.45, 7) is 8.18. The molecule has 35 heavy (non-hydrogen) atoms. The predicted molar refractivity (Wildman–Crippen MR) is 141 cm³/mol. The molecule has 180 valence electrons. The van der Waals surface area contributed by atoms with Gasteiger partial charge in [-0.25, -0.2) is 5.43 Å². The third-order valence-electron chi connectivity index (χ3n) is 6.04. The van der Waals surface area contributed by atoms with Crippen LogP contribution in [-0.2, 0) is 11.3 Å². The van der Waals surface area contributed by atoms with Crippen LogP contribution in [0.1, 0.15) is 35.3 Å². The number of amides is 2. The Morgan fingerprint density at radius 3 is 2.23 bits per heavy atom. The van der Waals surface area contributed by atoms with E-state index < -0.39 is 0 Å². The Morgan fingerprint density at radius 1 is 0.829 bits per heavy atom. The molecule has 3 aromatic rings. The van der Waals surface area contributed by atoms with Crippen molar-refractivity contribution in [3.05, 3.63) is 95.6 Å². The first kappa shape index (κ1) is 24.2. The minimum absolute atomic E-state index is 0.136. The maximum atomic E-state index is 12.6. The van der Waals surface area contributed by atoms with Gasteiger partial charge in [-0.2, -0.15) is 5.10 Å². The van der Waals surface area contributed by atoms with Crippen LogP contribution in [0, 0.1) is 0 Å². The van der Waals surface area contributed by atoms with Gasteiger partial charge in [0.1, 0.15) is 0 Å². The lowest BCUT2D eigenvalue weighted by atomic mass is 10.1. The molecule has 0 atom stereocenters. The van der Waals surface area contributed by atoms with Crippen molar-refractivity contribution in [2.45, 2.75) is 20.4 Å². The number of para-hydroxylation sites is 1. The van der Waals surface area contributed by atoms with E-state index in [-0.39, 0.29) is 11.8 Å². The SMILES string of the molecule is CC(=O)Nc1cccc(/C(C)=N\NC(=O)c2ccc(CN3CCN(c4ccccc4)CC3)cc2)c1. The molecule has 1 saturated heterocycles. The molecule has 3 aromatic carbocycles. The van der Waals surface area contributed by atoms with E-state index >= 15 is 0 Å². The molecule has 0 radical (unpaired) electrons. The molecule has 1 heterocycles. The number of anilines is 2. The second-order valence-electron chi connectivity index (χ2n) is 8.70. The molecule has 0 bridgehead atoms. The van der Waals surface area contributed by atoms with Crippen molar-refractivity contribution in [3.63, 3.8) is 0 Å². The number of carbonyl (C=O) groups is 2. The number of nitrogens with zero attached hydrogens (tertiary/aromatic N) is 3. The maximum Gasteiger partial charge on any atom is 0.271 e. The van der Waals surface area contributed by atoms with Crippen LogP contribution in [0.2, 0.25) is 0 Å². The fourth-order valence-electron chi connectivity index (χ4n) is 4.11. The highest BCUT2D eigenvalue weighted by Gasteiger charge is 2.17. The summed E-state index contributed by atoms with van der Waals surface area (Å²) < 4.78 is 0. The van der Waals surface area contributed by atoms with Gasteiger partial charge in [0, 0.05) is 56.6 Å². The van der Waals surface area contributed by atoms with Crippen LogP contribution in [-0.4, -0.2) is 48.6 Å². The predicted octanol–water partition coefficient (Wildman–Crippen LogP) is 4.12. The Kier molecular flexibility index (Phi) is 7.90. The van der Waals surface area contributed by atoms with Gasteiger partial charge in [0.2, 0.25) is 5.91 Å². The van der Waals surface area contributed by atoms with Crippen molar-refractivity contribution in [1.29, 1.82) is 0 Å². The van der Waals surface area contributed by atoms with E-state index in [0.29, 0.717) is 17.0 Å². The lowest BCUT2D eigenvalue weighted by molar-refractivity contribution is -0.114. The van der Waals surface area contributed by atoms with E-state index in [0.717, 1.165) is 38.3 Å². The van der Waals surface area contributed by atoms with Gasteiger partial charge in [0.25, 0.3) is 5.91 Å². The van der Waals surface area contributed by atoms with Crippen molar-refractivity contribution < 1.29 is 9.59 Å². The van der Waals surface area contributed by atoms with Gasteiger partial charge in [-0.15, -0.1) is 0 Å². The molecule has 1 aliphatic rings. The highest BCUT2D eigenvalue weighted by Crippen LogP contribution is 2.17. The Morgan fingerprint density at radius 2 is 1.54 bits per heavy atom. The lowest BCUT2D eigenvalue weighted by Crippen LogP contribution is -2.45. The van der Waals surface area contributed by atoms with E-state index in [9.17, 15) is 9.59 Å². The standard InChI is InChI=1S/C28H31N5O2/c1-21(25-7-6-8-26(19-25)29-22(2)34)30-31-28(35)24-13-11-23(12-14-24)20-32-15-17-33(18-16-32)27-9-4-3-5-10-27/h3-14,19H,15-18,20H2,1-2H3,(H,29,34)(H,31,35)/b30-21-. The van der Waals surface area contributed by atoms with Crippen molar-refractivity contribution in [1.82, 2.24) is 10.3 Å². The average molecular weight is 470 g/mol. The zero-order chi connectivity index (χ0) is 24.6. The number of nitrogens with one attached hydrogen (secondary N) is 2. The summed E-state index contributed by atoms with van der Waals surface area (Å²) in [7, 11) is 0. The minimum Gasteiger partial charge on any atom is -0.369 e. The number of benzene rings is 3. The van der Waals surface area contributed by atoms with E-state index in [1.165, 1.54) is 18.2 Å². The molecule has 1 aliphatic heterocycles. The molecule has 4 rings (SSSR count). The smallest absolute Gasteiger partial charge is 0.271 e. The van der Waals surface area contributed by atoms with Gasteiger partial charge in [-0.3, -0.25) is 14.5 Å². The largest absolute Gasteiger partial charge is 0.369 e. The first-order chi connectivity index (χ1) is 17.0. The van der Waals surface area contributed by atoms with Crippen LogP contribution in [0.4, 0.5) is 11.4 Å². The number of hydrazone groups is 1. The second kappa shape index (κ2) is 11.4. The maximum absolute atomic E-state index is 12.6. The van der Waals surface area contributed by atoms with E-state index in [1.807, 2.05) is 61.5 Å². The number of hydrogen-bond donors (Lipinski definition) is 2. The highest BCUT2D eigenvalue weighted by atomic mass is 16.2. The third kappa shape index (κ3) is 6.77. The van der Waals surface area contributed by atoms with Crippen LogP contribution >= 0.6 is 0 Å². The van der Waals surface area contributed by atoms with E-state index in [1.54, 1.807) is 0 Å². The summed E-state index contributed by atoms with van der Waals surface area (Å²) in [5.74, 6) is -0.395. The number of piperazine rings is 1. The molecule has 7 nitrogen and oxygen atoms in total. The first-order valence-electron chi connectivity index (χ1n) is 11.8. The summed E-state index contributed by atoms with van der Waals surface area (Å²) >= 11 is 0. The van der Waals surface area contributed by atoms with Crippen molar-refractivity contribution >= 4 is 28.9 Å². The van der Waals surface area contributed by atoms with Gasteiger partial charge in [0.05, 0.1) is 5.71 Å². The molecule has 0 unspecified atom stereocenters. The molecule has 7 heteroatoms. The monoisotopic (exact) mass is 469 g/mol. The number of hydrogen-bond acceptors (Lipinski definition) is 5. The molecule has 0 spiro atoms. The van der Waals surface area contributed by atoms with Gasteiger partial charge in [-0.05, 0) is 54.4 Å². The minimum atomic E-state index is -0.259. The molecule has 0 saturated carbocycles. The summed E-state index contributed by atoms with van der Waals surface area (Å²) in [4.78, 5) is 28.7. The summed E-state index contributed by atoms with van der Waals surface area (Å²) in [6, 6.07) is 25.6. The fraction of sp³-hybridized carbons (Fsp3) is 0.250. The molecule has 0 aliphatic carbocycles. The molecular weight excluding hydrogens is 438 g/mol. The molecular formula is C28H31N5O2. The quantitative estimate of drug-likeness (QED) is 0.403. The lowest BCUT2D eigenvalue weighted by Gasteiger charge is -2.36. The Labute approximate surface area is 206 Å². The normalized spacial score (nSPS) is 14.5. The molecule has 0 aromatic heterocycles. The zero-order valence-corrected chi connectivity index (χ0v) is 20.2. The van der Waals surface area contributed by atoms with Crippen LogP contribution in [0.25, 0.3) is 0 Å². The van der Waals surface area contributed by atoms with Crippen LogP contribution in [0.3, 0.4) is 0 Å².